The van der Waals surface area contributed by atoms with Crippen LogP contribution in [0.25, 0.3) is 0 Å². The predicted octanol–water partition coefficient (Wildman–Crippen LogP) is 1.84. The third-order valence-corrected chi connectivity index (χ3v) is 3.60. The summed E-state index contributed by atoms with van der Waals surface area (Å²) >= 11 is 0. The number of hydrogen-bond acceptors (Lipinski definition) is 3. The Morgan fingerprint density at radius 3 is 2.61 bits per heavy atom. The number of ether oxygens (including phenoxy) is 1. The molecule has 0 aliphatic heterocycles. The van der Waals surface area contributed by atoms with Crippen molar-refractivity contribution in [1.29, 1.82) is 0 Å². The minimum absolute atomic E-state index is 0.0743. The van der Waals surface area contributed by atoms with Crippen LogP contribution in [0.5, 0.6) is 0 Å². The van der Waals surface area contributed by atoms with E-state index in [1.54, 1.807) is 0 Å². The summed E-state index contributed by atoms with van der Waals surface area (Å²) in [6.07, 6.45) is 6.41. The minimum Gasteiger partial charge on any atom is -0.377 e. The molecule has 2 unspecified atom stereocenters. The second-order valence-electron chi connectivity index (χ2n) is 5.27. The molecule has 1 saturated carbocycles. The number of hydrogen-bond donors (Lipinski definition) is 2. The lowest BCUT2D eigenvalue weighted by Gasteiger charge is -2.18. The van der Waals surface area contributed by atoms with Gasteiger partial charge in [-0.3, -0.25) is 4.79 Å². The molecule has 1 fully saturated rings. The van der Waals surface area contributed by atoms with Crippen molar-refractivity contribution < 1.29 is 9.53 Å². The van der Waals surface area contributed by atoms with E-state index in [0.29, 0.717) is 12.7 Å². The smallest absolute Gasteiger partial charge is 0.237 e. The van der Waals surface area contributed by atoms with Crippen LogP contribution in [0.1, 0.15) is 52.9 Å². The van der Waals surface area contributed by atoms with Crippen molar-refractivity contribution in [2.24, 2.45) is 0 Å². The highest BCUT2D eigenvalue weighted by atomic mass is 16.5. The van der Waals surface area contributed by atoms with Gasteiger partial charge in [0.05, 0.1) is 18.8 Å². The summed E-state index contributed by atoms with van der Waals surface area (Å²) in [5.74, 6) is 0.0743. The summed E-state index contributed by atoms with van der Waals surface area (Å²) in [4.78, 5) is 11.7. The molecular weight excluding hydrogens is 228 g/mol. The summed E-state index contributed by atoms with van der Waals surface area (Å²) in [5, 5.41) is 6.17. The van der Waals surface area contributed by atoms with Crippen LogP contribution in [0, 0.1) is 0 Å². The van der Waals surface area contributed by atoms with Gasteiger partial charge in [-0.1, -0.05) is 19.8 Å². The van der Waals surface area contributed by atoms with Crippen LogP contribution in [-0.2, 0) is 9.53 Å². The molecule has 1 rings (SSSR count). The molecule has 1 aliphatic rings. The van der Waals surface area contributed by atoms with Gasteiger partial charge in [-0.25, -0.2) is 0 Å². The van der Waals surface area contributed by atoms with Crippen molar-refractivity contribution in [3.8, 4) is 0 Å². The van der Waals surface area contributed by atoms with Gasteiger partial charge in [0.1, 0.15) is 0 Å². The van der Waals surface area contributed by atoms with Crippen molar-refractivity contribution in [2.45, 2.75) is 71.1 Å². The summed E-state index contributed by atoms with van der Waals surface area (Å²) in [6, 6.07) is 0.0997. The molecule has 18 heavy (non-hydrogen) atoms. The zero-order valence-electron chi connectivity index (χ0n) is 12.0. The third kappa shape index (κ3) is 5.83. The Morgan fingerprint density at radius 2 is 2.00 bits per heavy atom. The molecule has 0 aromatic rings. The summed E-state index contributed by atoms with van der Waals surface area (Å²) < 4.78 is 5.74. The van der Waals surface area contributed by atoms with Crippen molar-refractivity contribution in [1.82, 2.24) is 10.6 Å². The fraction of sp³-hybridized carbons (Fsp3) is 0.929. The van der Waals surface area contributed by atoms with E-state index < -0.39 is 0 Å². The van der Waals surface area contributed by atoms with E-state index in [9.17, 15) is 4.79 Å². The largest absolute Gasteiger partial charge is 0.377 e. The Hall–Kier alpha value is -0.610. The molecule has 4 nitrogen and oxygen atoms in total. The van der Waals surface area contributed by atoms with Crippen LogP contribution in [0.15, 0.2) is 0 Å². The average molecular weight is 256 g/mol. The average Bonchev–Trinajstić information content (AvgIpc) is 2.87. The molecule has 0 heterocycles. The Kier molecular flexibility index (Phi) is 7.28. The van der Waals surface area contributed by atoms with Crippen LogP contribution < -0.4 is 10.6 Å². The zero-order chi connectivity index (χ0) is 13.4. The molecule has 0 saturated heterocycles. The maximum atomic E-state index is 11.7. The second-order valence-corrected chi connectivity index (χ2v) is 5.27. The fourth-order valence-corrected chi connectivity index (χ4v) is 2.12. The standard InChI is InChI=1S/C14H28N2O2/c1-4-11(2)16-14(17)12(3)15-9-10-18-13-7-5-6-8-13/h11-13,15H,4-10H2,1-3H3,(H,16,17). The van der Waals surface area contributed by atoms with Gasteiger partial charge < -0.3 is 15.4 Å². The van der Waals surface area contributed by atoms with Gasteiger partial charge >= 0.3 is 0 Å². The molecule has 4 heteroatoms. The molecule has 0 aromatic carbocycles. The summed E-state index contributed by atoms with van der Waals surface area (Å²) in [6.45, 7) is 7.43. The fourth-order valence-electron chi connectivity index (χ4n) is 2.12. The molecule has 1 aliphatic carbocycles. The van der Waals surface area contributed by atoms with Crippen molar-refractivity contribution in [3.05, 3.63) is 0 Å². The topological polar surface area (TPSA) is 50.4 Å². The Bertz CT molecular complexity index is 240. The third-order valence-electron chi connectivity index (χ3n) is 3.60. The van der Waals surface area contributed by atoms with Gasteiger partial charge in [0.2, 0.25) is 5.91 Å². The minimum atomic E-state index is -0.147. The SMILES string of the molecule is CCC(C)NC(=O)C(C)NCCOC1CCCC1. The van der Waals surface area contributed by atoms with Crippen molar-refractivity contribution >= 4 is 5.91 Å². The predicted molar refractivity (Wildman–Crippen MR) is 73.6 cm³/mol. The lowest BCUT2D eigenvalue weighted by Crippen LogP contribution is -2.46. The van der Waals surface area contributed by atoms with E-state index in [0.717, 1.165) is 13.0 Å². The number of nitrogens with one attached hydrogen (secondary N) is 2. The van der Waals surface area contributed by atoms with Crippen LogP contribution in [0.2, 0.25) is 0 Å². The van der Waals surface area contributed by atoms with Crippen LogP contribution in [0.3, 0.4) is 0 Å². The first-order chi connectivity index (χ1) is 8.63. The zero-order valence-corrected chi connectivity index (χ0v) is 12.0. The molecule has 0 radical (unpaired) electrons. The summed E-state index contributed by atoms with van der Waals surface area (Å²) in [5.41, 5.74) is 0. The number of carbonyl (C=O) groups is 1. The van der Waals surface area contributed by atoms with Crippen molar-refractivity contribution in [2.75, 3.05) is 13.2 Å². The Morgan fingerprint density at radius 1 is 1.33 bits per heavy atom. The number of rotatable bonds is 8. The Balaban J connectivity index is 2.04. The van der Waals surface area contributed by atoms with Crippen molar-refractivity contribution in [3.63, 3.8) is 0 Å². The number of carbonyl (C=O) groups excluding carboxylic acids is 1. The number of amides is 1. The van der Waals surface area contributed by atoms with Crippen LogP contribution in [-0.4, -0.2) is 37.2 Å². The van der Waals surface area contributed by atoms with Gasteiger partial charge in [-0.2, -0.15) is 0 Å². The lowest BCUT2D eigenvalue weighted by molar-refractivity contribution is -0.123. The van der Waals surface area contributed by atoms with E-state index in [4.69, 9.17) is 4.74 Å². The second kappa shape index (κ2) is 8.48. The molecular formula is C14H28N2O2. The van der Waals surface area contributed by atoms with E-state index in [-0.39, 0.29) is 18.0 Å². The van der Waals surface area contributed by atoms with Gasteiger partial charge in [-0.05, 0) is 33.1 Å². The first kappa shape index (κ1) is 15.4. The Labute approximate surface area is 111 Å². The monoisotopic (exact) mass is 256 g/mol. The molecule has 0 aromatic heterocycles. The van der Waals surface area contributed by atoms with Gasteiger partial charge in [0.15, 0.2) is 0 Å². The van der Waals surface area contributed by atoms with Crippen LogP contribution >= 0.6 is 0 Å². The highest BCUT2D eigenvalue weighted by molar-refractivity contribution is 5.81. The lowest BCUT2D eigenvalue weighted by atomic mass is 10.2. The maximum Gasteiger partial charge on any atom is 0.237 e. The first-order valence-electron chi connectivity index (χ1n) is 7.28. The van der Waals surface area contributed by atoms with E-state index >= 15 is 0 Å². The van der Waals surface area contributed by atoms with Gasteiger partial charge in [-0.15, -0.1) is 0 Å². The van der Waals surface area contributed by atoms with Gasteiger partial charge in [0.25, 0.3) is 0 Å². The highest BCUT2D eigenvalue weighted by Crippen LogP contribution is 2.20. The molecule has 2 atom stereocenters. The van der Waals surface area contributed by atoms with E-state index in [1.807, 2.05) is 13.8 Å². The van der Waals surface area contributed by atoms with E-state index in [2.05, 4.69) is 17.6 Å². The summed E-state index contributed by atoms with van der Waals surface area (Å²) in [7, 11) is 0. The quantitative estimate of drug-likeness (QED) is 0.652. The highest BCUT2D eigenvalue weighted by Gasteiger charge is 2.16. The first-order valence-corrected chi connectivity index (χ1v) is 7.28. The normalized spacial score (nSPS) is 19.7. The molecule has 2 N–H and O–H groups in total. The molecule has 0 bridgehead atoms. The van der Waals surface area contributed by atoms with E-state index in [1.165, 1.54) is 25.7 Å². The molecule has 1 amide bonds. The molecule has 0 spiro atoms. The van der Waals surface area contributed by atoms with Gasteiger partial charge in [0, 0.05) is 12.6 Å². The molecule has 106 valence electrons. The maximum absolute atomic E-state index is 11.7. The van der Waals surface area contributed by atoms with Crippen LogP contribution in [0.4, 0.5) is 0 Å².